The van der Waals surface area contributed by atoms with E-state index in [9.17, 15) is 4.79 Å². The highest BCUT2D eigenvalue weighted by atomic mass is 32.1. The van der Waals surface area contributed by atoms with E-state index in [4.69, 9.17) is 4.98 Å². The highest BCUT2D eigenvalue weighted by Gasteiger charge is 2.40. The van der Waals surface area contributed by atoms with Crippen LogP contribution in [0, 0.1) is 0 Å². The molecule has 0 unspecified atom stereocenters. The fourth-order valence-electron chi connectivity index (χ4n) is 6.55. The number of fused-ring (bicyclic) bond motifs is 3. The van der Waals surface area contributed by atoms with Gasteiger partial charge in [-0.25, -0.2) is 4.98 Å². The van der Waals surface area contributed by atoms with E-state index in [0.29, 0.717) is 6.42 Å². The van der Waals surface area contributed by atoms with E-state index >= 15 is 0 Å². The zero-order valence-electron chi connectivity index (χ0n) is 23.7. The summed E-state index contributed by atoms with van der Waals surface area (Å²) in [5.41, 5.74) is 6.85. The predicted octanol–water partition coefficient (Wildman–Crippen LogP) is 7.94. The van der Waals surface area contributed by atoms with Gasteiger partial charge in [-0.1, -0.05) is 116 Å². The van der Waals surface area contributed by atoms with Gasteiger partial charge in [0.2, 0.25) is 0 Å². The molecule has 7 rings (SSSR count). The Morgan fingerprint density at radius 1 is 0.762 bits per heavy atom. The largest absolute Gasteiger partial charge is 0.335 e. The average molecular weight is 566 g/mol. The average Bonchev–Trinajstić information content (AvgIpc) is 3.59. The molecule has 0 fully saturated rings. The standard InChI is InChI=1S/C37H31N3OS/c1-3-32-31(23-26-24-42-36-34(35(26)41)30-21-13-14-22-33(30)39(36)2)38-25-40(32)37(27-15-7-4-8-16-27,28-17-9-5-10-18-28)29-19-11-6-12-20-29/h4-22,24-25H,3,23H2,1-2H3. The summed E-state index contributed by atoms with van der Waals surface area (Å²) in [6.45, 7) is 2.18. The highest BCUT2D eigenvalue weighted by molar-refractivity contribution is 7.16. The maximum atomic E-state index is 14.0. The maximum Gasteiger partial charge on any atom is 0.193 e. The van der Waals surface area contributed by atoms with Crippen molar-refractivity contribution >= 4 is 32.5 Å². The van der Waals surface area contributed by atoms with Crippen LogP contribution in [0.1, 0.15) is 40.6 Å². The van der Waals surface area contributed by atoms with Gasteiger partial charge in [0.1, 0.15) is 10.4 Å². The molecular weight excluding hydrogens is 534 g/mol. The van der Waals surface area contributed by atoms with E-state index in [-0.39, 0.29) is 5.43 Å². The second-order valence-corrected chi connectivity index (χ2v) is 11.6. The van der Waals surface area contributed by atoms with Crippen molar-refractivity contribution in [3.8, 4) is 0 Å². The van der Waals surface area contributed by atoms with E-state index in [0.717, 1.165) is 61.2 Å². The number of para-hydroxylation sites is 1. The Bertz CT molecular complexity index is 1980. The third kappa shape index (κ3) is 3.96. The Kier molecular flexibility index (Phi) is 6.60. The van der Waals surface area contributed by atoms with Crippen LogP contribution in [0.25, 0.3) is 21.1 Å². The lowest BCUT2D eigenvalue weighted by atomic mass is 9.76. The van der Waals surface area contributed by atoms with Crippen molar-refractivity contribution in [1.29, 1.82) is 0 Å². The first-order chi connectivity index (χ1) is 20.6. The highest BCUT2D eigenvalue weighted by Crippen LogP contribution is 2.42. The fourth-order valence-corrected chi connectivity index (χ4v) is 7.57. The molecule has 206 valence electrons. The first kappa shape index (κ1) is 26.2. The summed E-state index contributed by atoms with van der Waals surface area (Å²) in [5, 5.41) is 3.84. The molecule has 7 aromatic rings. The van der Waals surface area contributed by atoms with E-state index in [1.54, 1.807) is 11.3 Å². The fraction of sp³-hybridized carbons (Fsp3) is 0.135. The predicted molar refractivity (Wildman–Crippen MR) is 174 cm³/mol. The number of aromatic nitrogens is 3. The monoisotopic (exact) mass is 565 g/mol. The lowest BCUT2D eigenvalue weighted by molar-refractivity contribution is 0.496. The van der Waals surface area contributed by atoms with E-state index in [2.05, 4.69) is 119 Å². The van der Waals surface area contributed by atoms with Crippen molar-refractivity contribution in [2.75, 3.05) is 0 Å². The van der Waals surface area contributed by atoms with Crippen LogP contribution in [0.4, 0.5) is 0 Å². The van der Waals surface area contributed by atoms with Crippen LogP contribution in [0.3, 0.4) is 0 Å². The summed E-state index contributed by atoms with van der Waals surface area (Å²) in [7, 11) is 2.04. The van der Waals surface area contributed by atoms with E-state index < -0.39 is 5.54 Å². The van der Waals surface area contributed by atoms with E-state index in [1.807, 2.05) is 30.9 Å². The molecule has 5 heteroatoms. The lowest BCUT2D eigenvalue weighted by Crippen LogP contribution is -2.38. The molecule has 0 radical (unpaired) electrons. The molecule has 0 aliphatic heterocycles. The smallest absolute Gasteiger partial charge is 0.193 e. The minimum Gasteiger partial charge on any atom is -0.335 e. The molecule has 0 amide bonds. The van der Waals surface area contributed by atoms with Gasteiger partial charge in [0.05, 0.1) is 17.4 Å². The Morgan fingerprint density at radius 3 is 1.88 bits per heavy atom. The molecule has 0 aliphatic rings. The van der Waals surface area contributed by atoms with Crippen LogP contribution in [-0.4, -0.2) is 14.1 Å². The number of imidazole rings is 1. The Hall–Kier alpha value is -4.74. The summed E-state index contributed by atoms with van der Waals surface area (Å²) in [5.74, 6) is 0. The van der Waals surface area contributed by atoms with Crippen LogP contribution < -0.4 is 5.43 Å². The van der Waals surface area contributed by atoms with Crippen molar-refractivity contribution in [3.63, 3.8) is 0 Å². The number of benzene rings is 4. The van der Waals surface area contributed by atoms with Crippen LogP contribution in [0.15, 0.2) is 132 Å². The van der Waals surface area contributed by atoms with Gasteiger partial charge in [0.25, 0.3) is 0 Å². The van der Waals surface area contributed by atoms with Crippen molar-refractivity contribution < 1.29 is 0 Å². The van der Waals surface area contributed by atoms with Crippen LogP contribution >= 0.6 is 11.3 Å². The van der Waals surface area contributed by atoms with Crippen LogP contribution in [-0.2, 0) is 25.4 Å². The lowest BCUT2D eigenvalue weighted by Gasteiger charge is -2.38. The van der Waals surface area contributed by atoms with Gasteiger partial charge in [0, 0.05) is 41.0 Å². The summed E-state index contributed by atoms with van der Waals surface area (Å²) in [6, 6.07) is 40.1. The molecule has 0 aliphatic carbocycles. The summed E-state index contributed by atoms with van der Waals surface area (Å²) >= 11 is 1.63. The van der Waals surface area contributed by atoms with Gasteiger partial charge in [0.15, 0.2) is 5.43 Å². The molecule has 3 heterocycles. The van der Waals surface area contributed by atoms with Crippen molar-refractivity contribution in [1.82, 2.24) is 14.1 Å². The molecule has 4 nitrogen and oxygen atoms in total. The number of rotatable bonds is 7. The van der Waals surface area contributed by atoms with Crippen LogP contribution in [0.5, 0.6) is 0 Å². The van der Waals surface area contributed by atoms with Gasteiger partial charge in [-0.05, 0) is 29.2 Å². The molecular formula is C37H31N3OS. The summed E-state index contributed by atoms with van der Waals surface area (Å²) in [4.78, 5) is 20.0. The SMILES string of the molecule is CCc1c(Cc2csc3c(c2=O)c2ccccc2n3C)ncn1C(c1ccccc1)(c1ccccc1)c1ccccc1. The zero-order chi connectivity index (χ0) is 28.7. The molecule has 0 saturated heterocycles. The van der Waals surface area contributed by atoms with E-state index in [1.165, 1.54) is 0 Å². The Balaban J connectivity index is 1.45. The van der Waals surface area contributed by atoms with Gasteiger partial charge < -0.3 is 9.13 Å². The third-order valence-corrected chi connectivity index (χ3v) is 9.57. The number of hydrogen-bond donors (Lipinski definition) is 0. The number of aryl methyl sites for hydroxylation is 1. The third-order valence-electron chi connectivity index (χ3n) is 8.47. The molecule has 0 bridgehead atoms. The first-order valence-corrected chi connectivity index (χ1v) is 15.2. The van der Waals surface area contributed by atoms with Crippen molar-refractivity contribution in [2.24, 2.45) is 7.05 Å². The molecule has 3 aromatic heterocycles. The minimum absolute atomic E-state index is 0.0950. The molecule has 0 saturated carbocycles. The first-order valence-electron chi connectivity index (χ1n) is 14.3. The topological polar surface area (TPSA) is 39.8 Å². The summed E-state index contributed by atoms with van der Waals surface area (Å²) < 4.78 is 4.47. The molecule has 42 heavy (non-hydrogen) atoms. The molecule has 0 spiro atoms. The second-order valence-electron chi connectivity index (χ2n) is 10.7. The summed E-state index contributed by atoms with van der Waals surface area (Å²) in [6.07, 6.45) is 3.24. The maximum absolute atomic E-state index is 14.0. The number of nitrogens with zero attached hydrogens (tertiary/aromatic N) is 3. The van der Waals surface area contributed by atoms with Crippen molar-refractivity contribution in [2.45, 2.75) is 25.3 Å². The Labute approximate surface area is 249 Å². The van der Waals surface area contributed by atoms with Crippen LogP contribution in [0.2, 0.25) is 0 Å². The zero-order valence-corrected chi connectivity index (χ0v) is 24.5. The number of hydrogen-bond acceptors (Lipinski definition) is 3. The minimum atomic E-state index is -0.636. The van der Waals surface area contributed by atoms with Gasteiger partial charge in [-0.2, -0.15) is 0 Å². The normalized spacial score (nSPS) is 11.9. The molecule has 0 N–H and O–H groups in total. The Morgan fingerprint density at radius 2 is 1.31 bits per heavy atom. The van der Waals surface area contributed by atoms with Gasteiger partial charge in [-0.3, -0.25) is 4.79 Å². The second kappa shape index (κ2) is 10.6. The van der Waals surface area contributed by atoms with Gasteiger partial charge in [-0.15, -0.1) is 11.3 Å². The van der Waals surface area contributed by atoms with Gasteiger partial charge >= 0.3 is 0 Å². The molecule has 4 aromatic carbocycles. The molecule has 0 atom stereocenters. The quantitative estimate of drug-likeness (QED) is 0.184. The van der Waals surface area contributed by atoms with Crippen molar-refractivity contribution in [3.05, 3.63) is 171 Å².